The van der Waals surface area contributed by atoms with Crippen LogP contribution in [0.15, 0.2) is 42.5 Å². The first-order valence-electron chi connectivity index (χ1n) is 9.39. The second kappa shape index (κ2) is 9.82. The molecule has 0 saturated carbocycles. The van der Waals surface area contributed by atoms with Crippen LogP contribution in [-0.2, 0) is 20.8 Å². The topological polar surface area (TPSA) is 69.1 Å². The van der Waals surface area contributed by atoms with Crippen molar-refractivity contribution in [3.8, 4) is 0 Å². The van der Waals surface area contributed by atoms with Gasteiger partial charge in [-0.2, -0.15) is 0 Å². The lowest BCUT2D eigenvalue weighted by atomic mass is 10.1. The zero-order valence-corrected chi connectivity index (χ0v) is 16.8. The van der Waals surface area contributed by atoms with E-state index in [4.69, 9.17) is 21.1 Å². The Hall–Kier alpha value is -2.48. The second-order valence-electron chi connectivity index (χ2n) is 6.90. The molecule has 154 valence electrons. The average molecular weight is 422 g/mol. The van der Waals surface area contributed by atoms with Gasteiger partial charge in [-0.1, -0.05) is 23.7 Å². The zero-order valence-electron chi connectivity index (χ0n) is 16.0. The highest BCUT2D eigenvalue weighted by Gasteiger charge is 2.20. The van der Waals surface area contributed by atoms with Crippen LogP contribution in [0.25, 0.3) is 0 Å². The van der Waals surface area contributed by atoms with Gasteiger partial charge in [0.2, 0.25) is 0 Å². The highest BCUT2D eigenvalue weighted by atomic mass is 35.5. The molecule has 0 aliphatic carbocycles. The fraction of sp³-hybridized carbons (Fsp3) is 0.333. The Morgan fingerprint density at radius 1 is 1.21 bits per heavy atom. The van der Waals surface area contributed by atoms with E-state index in [0.29, 0.717) is 11.3 Å². The maximum atomic E-state index is 13.2. The number of benzene rings is 2. The van der Waals surface area contributed by atoms with E-state index in [2.05, 4.69) is 5.32 Å². The molecule has 0 bridgehead atoms. The van der Waals surface area contributed by atoms with Crippen LogP contribution in [0, 0.1) is 5.82 Å². The summed E-state index contributed by atoms with van der Waals surface area (Å²) < 4.78 is 23.8. The van der Waals surface area contributed by atoms with Crippen molar-refractivity contribution in [3.05, 3.63) is 64.4 Å². The highest BCUT2D eigenvalue weighted by molar-refractivity contribution is 6.31. The van der Waals surface area contributed by atoms with Gasteiger partial charge in [-0.15, -0.1) is 0 Å². The van der Waals surface area contributed by atoms with Crippen molar-refractivity contribution < 1.29 is 28.4 Å². The van der Waals surface area contributed by atoms with Crippen LogP contribution in [-0.4, -0.2) is 44.3 Å². The Labute approximate surface area is 173 Å². The van der Waals surface area contributed by atoms with Crippen LogP contribution in [0.5, 0.6) is 0 Å². The fourth-order valence-corrected chi connectivity index (χ4v) is 3.16. The van der Waals surface area contributed by atoms with Gasteiger partial charge < -0.3 is 19.7 Å². The van der Waals surface area contributed by atoms with E-state index in [1.165, 1.54) is 24.0 Å². The first-order valence-corrected chi connectivity index (χ1v) is 9.77. The summed E-state index contributed by atoms with van der Waals surface area (Å²) in [6.45, 7) is 5.81. The number of rotatable bonds is 6. The van der Waals surface area contributed by atoms with E-state index in [0.717, 1.165) is 44.5 Å². The summed E-state index contributed by atoms with van der Waals surface area (Å²) in [6.07, 6.45) is -1.02. The number of anilines is 1. The molecule has 1 fully saturated rings. The summed E-state index contributed by atoms with van der Waals surface area (Å²) in [5, 5.41) is 2.44. The predicted octanol–water partition coefficient (Wildman–Crippen LogP) is 2.08. The van der Waals surface area contributed by atoms with Gasteiger partial charge in [-0.05, 0) is 37.3 Å². The summed E-state index contributed by atoms with van der Waals surface area (Å²) in [5.41, 5.74) is 1.81. The molecule has 3 rings (SSSR count). The molecular weight excluding hydrogens is 399 g/mol. The van der Waals surface area contributed by atoms with Crippen LogP contribution in [0.3, 0.4) is 0 Å². The summed E-state index contributed by atoms with van der Waals surface area (Å²) in [5.74, 6) is -1.70. The predicted molar refractivity (Wildman–Crippen MR) is 107 cm³/mol. The molecular formula is C21H23ClFN2O4+. The van der Waals surface area contributed by atoms with Crippen molar-refractivity contribution in [2.24, 2.45) is 0 Å². The van der Waals surface area contributed by atoms with E-state index in [-0.39, 0.29) is 5.02 Å². The van der Waals surface area contributed by atoms with Crippen LogP contribution >= 0.6 is 11.6 Å². The molecule has 1 amide bonds. The second-order valence-corrected chi connectivity index (χ2v) is 7.31. The Balaban J connectivity index is 1.52. The van der Waals surface area contributed by atoms with Gasteiger partial charge in [0.1, 0.15) is 25.5 Å². The van der Waals surface area contributed by atoms with Gasteiger partial charge >= 0.3 is 5.97 Å². The van der Waals surface area contributed by atoms with E-state index >= 15 is 0 Å². The van der Waals surface area contributed by atoms with Crippen molar-refractivity contribution in [2.45, 2.75) is 19.6 Å². The monoisotopic (exact) mass is 421 g/mol. The van der Waals surface area contributed by atoms with E-state index in [1.54, 1.807) is 12.1 Å². The minimum Gasteiger partial charge on any atom is -0.449 e. The number of quaternary nitrogens is 1. The molecule has 1 aliphatic heterocycles. The highest BCUT2D eigenvalue weighted by Crippen LogP contribution is 2.19. The van der Waals surface area contributed by atoms with Crippen molar-refractivity contribution in [1.29, 1.82) is 0 Å². The summed E-state index contributed by atoms with van der Waals surface area (Å²) >= 11 is 5.70. The summed E-state index contributed by atoms with van der Waals surface area (Å²) in [6, 6.07) is 11.0. The lowest BCUT2D eigenvalue weighted by molar-refractivity contribution is -0.921. The molecule has 1 saturated heterocycles. The molecule has 0 unspecified atom stereocenters. The molecule has 1 aliphatic rings. The molecule has 2 N–H and O–H groups in total. The quantitative estimate of drug-likeness (QED) is 0.701. The smallest absolute Gasteiger partial charge is 0.338 e. The number of morpholine rings is 1. The number of hydrogen-bond donors (Lipinski definition) is 2. The Morgan fingerprint density at radius 2 is 1.90 bits per heavy atom. The van der Waals surface area contributed by atoms with Gasteiger partial charge in [0.25, 0.3) is 5.91 Å². The third kappa shape index (κ3) is 6.00. The number of ether oxygens (including phenoxy) is 2. The molecule has 8 heteroatoms. The zero-order chi connectivity index (χ0) is 20.8. The normalized spacial score (nSPS) is 15.6. The van der Waals surface area contributed by atoms with Gasteiger partial charge in [0.05, 0.1) is 23.8 Å². The Morgan fingerprint density at radius 3 is 2.55 bits per heavy atom. The third-order valence-corrected chi connectivity index (χ3v) is 4.97. The summed E-state index contributed by atoms with van der Waals surface area (Å²) in [7, 11) is 0. The maximum Gasteiger partial charge on any atom is 0.338 e. The molecule has 2 aromatic carbocycles. The van der Waals surface area contributed by atoms with E-state index in [9.17, 15) is 14.0 Å². The van der Waals surface area contributed by atoms with Crippen molar-refractivity contribution in [3.63, 3.8) is 0 Å². The lowest BCUT2D eigenvalue weighted by Gasteiger charge is -2.23. The molecule has 0 radical (unpaired) electrons. The molecule has 0 aromatic heterocycles. The van der Waals surface area contributed by atoms with E-state index < -0.39 is 23.8 Å². The minimum atomic E-state index is -1.02. The molecule has 6 nitrogen and oxygen atoms in total. The Kier molecular flexibility index (Phi) is 7.19. The number of carbonyl (C=O) groups excluding carboxylic acids is 2. The van der Waals surface area contributed by atoms with Crippen molar-refractivity contribution in [1.82, 2.24) is 0 Å². The van der Waals surface area contributed by atoms with Crippen LogP contribution < -0.4 is 10.2 Å². The summed E-state index contributed by atoms with van der Waals surface area (Å²) in [4.78, 5) is 26.0. The van der Waals surface area contributed by atoms with Crippen molar-refractivity contribution >= 4 is 29.2 Å². The maximum absolute atomic E-state index is 13.2. The van der Waals surface area contributed by atoms with Gasteiger partial charge in [-0.3, -0.25) is 4.79 Å². The standard InChI is InChI=1S/C21H22ClFN2O4/c1-14(20(26)24-17-6-7-19(23)18(22)12-17)29-21(27)16-4-2-15(3-5-16)13-25-8-10-28-11-9-25/h2-7,12,14H,8-11,13H2,1H3,(H,24,26)/p+1/t14-/m0/s1. The number of carbonyl (C=O) groups is 2. The van der Waals surface area contributed by atoms with Crippen LogP contribution in [0.1, 0.15) is 22.8 Å². The molecule has 1 heterocycles. The molecule has 0 spiro atoms. The average Bonchev–Trinajstić information content (AvgIpc) is 2.72. The number of esters is 1. The third-order valence-electron chi connectivity index (χ3n) is 4.68. The fourth-order valence-electron chi connectivity index (χ4n) is 2.98. The number of hydrogen-bond acceptors (Lipinski definition) is 4. The molecule has 2 aromatic rings. The first kappa shape index (κ1) is 21.2. The Bertz CT molecular complexity index is 869. The number of amides is 1. The SMILES string of the molecule is C[C@H](OC(=O)c1ccc(C[NH+]2CCOCC2)cc1)C(=O)Nc1ccc(F)c(Cl)c1. The number of nitrogens with one attached hydrogen (secondary N) is 2. The molecule has 1 atom stereocenters. The number of halogens is 2. The largest absolute Gasteiger partial charge is 0.449 e. The first-order chi connectivity index (χ1) is 13.9. The minimum absolute atomic E-state index is 0.105. The van der Waals surface area contributed by atoms with Gasteiger partial charge in [0.15, 0.2) is 6.10 Å². The van der Waals surface area contributed by atoms with Crippen molar-refractivity contribution in [2.75, 3.05) is 31.6 Å². The van der Waals surface area contributed by atoms with Crippen LogP contribution in [0.2, 0.25) is 5.02 Å². The van der Waals surface area contributed by atoms with Gasteiger partial charge in [0, 0.05) is 11.3 Å². The van der Waals surface area contributed by atoms with E-state index in [1.807, 2.05) is 12.1 Å². The van der Waals surface area contributed by atoms with Gasteiger partial charge in [-0.25, -0.2) is 9.18 Å². The lowest BCUT2D eigenvalue weighted by Crippen LogP contribution is -3.12. The molecule has 29 heavy (non-hydrogen) atoms. The van der Waals surface area contributed by atoms with Crippen LogP contribution in [0.4, 0.5) is 10.1 Å².